The lowest BCUT2D eigenvalue weighted by Crippen LogP contribution is -2.37. The summed E-state index contributed by atoms with van der Waals surface area (Å²) in [7, 11) is 0. The van der Waals surface area contributed by atoms with Crippen molar-refractivity contribution < 1.29 is 9.53 Å². The minimum Gasteiger partial charge on any atom is -0.458 e. The molecule has 19 heavy (non-hydrogen) atoms. The second kappa shape index (κ2) is 7.06. The number of piperidine rings is 1. The molecule has 4 heteroatoms. The number of hydrogen-bond acceptors (Lipinski definition) is 3. The number of ether oxygens (including phenoxy) is 1. The van der Waals surface area contributed by atoms with E-state index >= 15 is 0 Å². The van der Waals surface area contributed by atoms with Gasteiger partial charge in [-0.15, -0.1) is 0 Å². The molecule has 1 heterocycles. The minimum atomic E-state index is -0.253. The monoisotopic (exact) mass is 325 g/mol. The first-order chi connectivity index (χ1) is 9.16. The van der Waals surface area contributed by atoms with Crippen molar-refractivity contribution in [2.24, 2.45) is 0 Å². The second-order valence-corrected chi connectivity index (χ2v) is 5.91. The smallest absolute Gasteiger partial charge is 0.339 e. The Balaban J connectivity index is 1.86. The van der Waals surface area contributed by atoms with Gasteiger partial charge in [0.05, 0.1) is 5.56 Å². The zero-order valence-electron chi connectivity index (χ0n) is 11.3. The average molecular weight is 326 g/mol. The molecule has 1 aromatic rings. The summed E-state index contributed by atoms with van der Waals surface area (Å²) in [6, 6.07) is 7.36. The van der Waals surface area contributed by atoms with E-state index in [4.69, 9.17) is 4.74 Å². The summed E-state index contributed by atoms with van der Waals surface area (Å²) in [5.41, 5.74) is 0.591. The third kappa shape index (κ3) is 4.32. The van der Waals surface area contributed by atoms with Crippen LogP contribution < -0.4 is 0 Å². The number of benzene rings is 1. The molecule has 0 spiro atoms. The Morgan fingerprint density at radius 2 is 2.00 bits per heavy atom. The van der Waals surface area contributed by atoms with Gasteiger partial charge in [-0.25, -0.2) is 4.79 Å². The second-order valence-electron chi connectivity index (χ2n) is 5.06. The molecule has 1 fully saturated rings. The van der Waals surface area contributed by atoms with E-state index in [1.165, 1.54) is 19.3 Å². The van der Waals surface area contributed by atoms with E-state index in [9.17, 15) is 4.79 Å². The topological polar surface area (TPSA) is 29.5 Å². The summed E-state index contributed by atoms with van der Waals surface area (Å²) < 4.78 is 6.29. The molecule has 0 N–H and O–H groups in total. The van der Waals surface area contributed by atoms with Crippen LogP contribution in [0.2, 0.25) is 0 Å². The Morgan fingerprint density at radius 1 is 1.32 bits per heavy atom. The van der Waals surface area contributed by atoms with Crippen LogP contribution in [0.1, 0.15) is 36.5 Å². The third-order valence-electron chi connectivity index (χ3n) is 3.37. The van der Waals surface area contributed by atoms with E-state index in [-0.39, 0.29) is 12.1 Å². The molecule has 1 aliphatic rings. The Hall–Kier alpha value is -0.870. The fraction of sp³-hybridized carbons (Fsp3) is 0.533. The van der Waals surface area contributed by atoms with Gasteiger partial charge in [-0.05, 0) is 60.9 Å². The SMILES string of the molecule is C[C@@H](CN1CCCCC1)OC(=O)c1ccccc1Br. The normalized spacial score (nSPS) is 18.0. The van der Waals surface area contributed by atoms with Gasteiger partial charge in [-0.2, -0.15) is 0 Å². The van der Waals surface area contributed by atoms with E-state index in [1.54, 1.807) is 6.07 Å². The first-order valence-electron chi connectivity index (χ1n) is 6.84. The van der Waals surface area contributed by atoms with Gasteiger partial charge in [0.15, 0.2) is 0 Å². The van der Waals surface area contributed by atoms with Gasteiger partial charge in [0, 0.05) is 11.0 Å². The fourth-order valence-electron chi connectivity index (χ4n) is 2.42. The van der Waals surface area contributed by atoms with Crippen molar-refractivity contribution in [3.05, 3.63) is 34.3 Å². The standard InChI is InChI=1S/C15H20BrNO2/c1-12(11-17-9-5-2-6-10-17)19-15(18)13-7-3-4-8-14(13)16/h3-4,7-8,12H,2,5-6,9-11H2,1H3/t12-/m0/s1. The van der Waals surface area contributed by atoms with Crippen LogP contribution in [0.3, 0.4) is 0 Å². The molecule has 0 amide bonds. The Kier molecular flexibility index (Phi) is 5.40. The summed E-state index contributed by atoms with van der Waals surface area (Å²) in [4.78, 5) is 14.4. The van der Waals surface area contributed by atoms with Gasteiger partial charge >= 0.3 is 5.97 Å². The van der Waals surface area contributed by atoms with Crippen LogP contribution in [-0.4, -0.2) is 36.6 Å². The summed E-state index contributed by atoms with van der Waals surface area (Å²) in [5.74, 6) is -0.253. The number of likely N-dealkylation sites (tertiary alicyclic amines) is 1. The molecule has 1 aromatic carbocycles. The molecule has 104 valence electrons. The van der Waals surface area contributed by atoms with Gasteiger partial charge in [0.2, 0.25) is 0 Å². The van der Waals surface area contributed by atoms with Gasteiger partial charge in [-0.1, -0.05) is 18.6 Å². The number of carbonyl (C=O) groups excluding carboxylic acids is 1. The summed E-state index contributed by atoms with van der Waals surface area (Å²) in [6.45, 7) is 5.04. The number of nitrogens with zero attached hydrogens (tertiary/aromatic N) is 1. The van der Waals surface area contributed by atoms with E-state index in [1.807, 2.05) is 25.1 Å². The van der Waals surface area contributed by atoms with Crippen LogP contribution in [0.5, 0.6) is 0 Å². The number of halogens is 1. The van der Waals surface area contributed by atoms with Crippen LogP contribution in [0, 0.1) is 0 Å². The highest BCUT2D eigenvalue weighted by Gasteiger charge is 2.18. The lowest BCUT2D eigenvalue weighted by atomic mass is 10.1. The fourth-order valence-corrected chi connectivity index (χ4v) is 2.86. The number of carbonyl (C=O) groups is 1. The predicted octanol–water partition coefficient (Wildman–Crippen LogP) is 3.48. The molecule has 3 nitrogen and oxygen atoms in total. The van der Waals surface area contributed by atoms with E-state index in [0.29, 0.717) is 5.56 Å². The van der Waals surface area contributed by atoms with Crippen molar-refractivity contribution in [1.82, 2.24) is 4.90 Å². The quantitative estimate of drug-likeness (QED) is 0.794. The molecular weight excluding hydrogens is 306 g/mol. The molecule has 1 aliphatic heterocycles. The van der Waals surface area contributed by atoms with Crippen molar-refractivity contribution in [2.45, 2.75) is 32.3 Å². The van der Waals surface area contributed by atoms with Crippen molar-refractivity contribution in [3.63, 3.8) is 0 Å². The molecule has 0 bridgehead atoms. The molecule has 0 saturated carbocycles. The summed E-state index contributed by atoms with van der Waals surface area (Å²) in [5, 5.41) is 0. The van der Waals surface area contributed by atoms with E-state index < -0.39 is 0 Å². The van der Waals surface area contributed by atoms with Crippen molar-refractivity contribution in [3.8, 4) is 0 Å². The Labute approximate surface area is 123 Å². The maximum Gasteiger partial charge on any atom is 0.339 e. The third-order valence-corrected chi connectivity index (χ3v) is 4.06. The Bertz CT molecular complexity index is 430. The highest BCUT2D eigenvalue weighted by Crippen LogP contribution is 2.18. The summed E-state index contributed by atoms with van der Waals surface area (Å²) in [6.07, 6.45) is 3.76. The number of hydrogen-bond donors (Lipinski definition) is 0. The molecule has 0 radical (unpaired) electrons. The van der Waals surface area contributed by atoms with Crippen LogP contribution in [0.4, 0.5) is 0 Å². The molecule has 1 atom stereocenters. The van der Waals surface area contributed by atoms with E-state index in [0.717, 1.165) is 24.1 Å². The molecule has 0 aliphatic carbocycles. The van der Waals surface area contributed by atoms with Gasteiger partial charge < -0.3 is 4.74 Å². The van der Waals surface area contributed by atoms with Gasteiger partial charge in [0.1, 0.15) is 6.10 Å². The predicted molar refractivity (Wildman–Crippen MR) is 79.3 cm³/mol. The summed E-state index contributed by atoms with van der Waals surface area (Å²) >= 11 is 3.37. The Morgan fingerprint density at radius 3 is 2.68 bits per heavy atom. The van der Waals surface area contributed by atoms with Crippen LogP contribution >= 0.6 is 15.9 Å². The van der Waals surface area contributed by atoms with Crippen LogP contribution in [-0.2, 0) is 4.74 Å². The average Bonchev–Trinajstić information content (AvgIpc) is 2.40. The zero-order valence-corrected chi connectivity index (χ0v) is 12.9. The molecule has 2 rings (SSSR count). The first kappa shape index (κ1) is 14.5. The lowest BCUT2D eigenvalue weighted by Gasteiger charge is -2.28. The van der Waals surface area contributed by atoms with Crippen molar-refractivity contribution in [2.75, 3.05) is 19.6 Å². The maximum absolute atomic E-state index is 12.0. The maximum atomic E-state index is 12.0. The minimum absolute atomic E-state index is 0.0716. The highest BCUT2D eigenvalue weighted by molar-refractivity contribution is 9.10. The molecular formula is C15H20BrNO2. The first-order valence-corrected chi connectivity index (χ1v) is 7.64. The lowest BCUT2D eigenvalue weighted by molar-refractivity contribution is 0.0235. The molecule has 0 unspecified atom stereocenters. The van der Waals surface area contributed by atoms with Crippen molar-refractivity contribution in [1.29, 1.82) is 0 Å². The van der Waals surface area contributed by atoms with E-state index in [2.05, 4.69) is 20.8 Å². The molecule has 0 aromatic heterocycles. The van der Waals surface area contributed by atoms with Crippen LogP contribution in [0.25, 0.3) is 0 Å². The van der Waals surface area contributed by atoms with Crippen LogP contribution in [0.15, 0.2) is 28.7 Å². The number of rotatable bonds is 4. The number of esters is 1. The highest BCUT2D eigenvalue weighted by atomic mass is 79.9. The largest absolute Gasteiger partial charge is 0.458 e. The zero-order chi connectivity index (χ0) is 13.7. The van der Waals surface area contributed by atoms with Gasteiger partial charge in [-0.3, -0.25) is 4.90 Å². The molecule has 1 saturated heterocycles. The van der Waals surface area contributed by atoms with Gasteiger partial charge in [0.25, 0.3) is 0 Å². The van der Waals surface area contributed by atoms with Crippen molar-refractivity contribution >= 4 is 21.9 Å².